The van der Waals surface area contributed by atoms with E-state index in [1.165, 1.54) is 4.90 Å². The van der Waals surface area contributed by atoms with E-state index in [2.05, 4.69) is 0 Å². The van der Waals surface area contributed by atoms with Crippen molar-refractivity contribution in [3.05, 3.63) is 98.5 Å². The van der Waals surface area contributed by atoms with Crippen LogP contribution < -0.4 is 4.90 Å². The molecule has 3 aromatic carbocycles. The topological polar surface area (TPSA) is 57.6 Å². The smallest absolute Gasteiger partial charge is 0.264 e. The molecule has 3 aromatic rings. The molecule has 0 aliphatic carbocycles. The Balaban J connectivity index is 1.75. The fourth-order valence-corrected chi connectivity index (χ4v) is 4.31. The molecule has 4 nitrogen and oxygen atoms in total. The standard InChI is InChI=1S/C24H18Cl3NO3/c1-14(22(29)16-4-8-18(26)9-5-16)24(31)20-12-19(27)10-11-21(20)28(23(24)30)13-15-2-6-17(25)7-3-15/h2-12,14,31H,13H2,1H3. The van der Waals surface area contributed by atoms with Crippen LogP contribution in [0.1, 0.15) is 28.4 Å². The highest BCUT2D eigenvalue weighted by molar-refractivity contribution is 6.31. The molecule has 0 bridgehead atoms. The molecule has 158 valence electrons. The van der Waals surface area contributed by atoms with Gasteiger partial charge in [0, 0.05) is 26.2 Å². The Morgan fingerprint density at radius 3 is 2.10 bits per heavy atom. The van der Waals surface area contributed by atoms with Gasteiger partial charge in [-0.2, -0.15) is 0 Å². The molecule has 1 aliphatic heterocycles. The van der Waals surface area contributed by atoms with Crippen molar-refractivity contribution in [2.75, 3.05) is 4.90 Å². The van der Waals surface area contributed by atoms with Gasteiger partial charge < -0.3 is 10.0 Å². The number of anilines is 1. The maximum Gasteiger partial charge on any atom is 0.264 e. The summed E-state index contributed by atoms with van der Waals surface area (Å²) in [5.74, 6) is -1.99. The largest absolute Gasteiger partial charge is 0.375 e. The Labute approximate surface area is 195 Å². The quantitative estimate of drug-likeness (QED) is 0.468. The average Bonchev–Trinajstić information content (AvgIpc) is 2.97. The minimum absolute atomic E-state index is 0.217. The molecule has 31 heavy (non-hydrogen) atoms. The second kappa shape index (κ2) is 8.29. The van der Waals surface area contributed by atoms with Gasteiger partial charge in [0.05, 0.1) is 18.2 Å². The number of nitrogens with zero attached hydrogens (tertiary/aromatic N) is 1. The average molecular weight is 475 g/mol. The number of rotatable bonds is 5. The second-order valence-electron chi connectivity index (χ2n) is 7.54. The molecule has 7 heteroatoms. The molecule has 2 unspecified atom stereocenters. The van der Waals surface area contributed by atoms with E-state index in [4.69, 9.17) is 34.8 Å². The van der Waals surface area contributed by atoms with Gasteiger partial charge in [-0.25, -0.2) is 0 Å². The van der Waals surface area contributed by atoms with Crippen LogP contribution in [0.3, 0.4) is 0 Å². The van der Waals surface area contributed by atoms with Crippen LogP contribution in [0.4, 0.5) is 5.69 Å². The summed E-state index contributed by atoms with van der Waals surface area (Å²) < 4.78 is 0. The fraction of sp³-hybridized carbons (Fsp3) is 0.167. The summed E-state index contributed by atoms with van der Waals surface area (Å²) in [5.41, 5.74) is -0.0302. The van der Waals surface area contributed by atoms with Crippen molar-refractivity contribution in [3.63, 3.8) is 0 Å². The molecule has 1 aliphatic rings. The lowest BCUT2D eigenvalue weighted by atomic mass is 9.79. The van der Waals surface area contributed by atoms with Crippen molar-refractivity contribution in [3.8, 4) is 0 Å². The molecule has 0 fully saturated rings. The predicted molar refractivity (Wildman–Crippen MR) is 123 cm³/mol. The van der Waals surface area contributed by atoms with Gasteiger partial charge in [0.2, 0.25) is 0 Å². The van der Waals surface area contributed by atoms with Crippen LogP contribution in [0.25, 0.3) is 0 Å². The Morgan fingerprint density at radius 2 is 1.48 bits per heavy atom. The first-order valence-electron chi connectivity index (χ1n) is 9.60. The second-order valence-corrected chi connectivity index (χ2v) is 8.85. The van der Waals surface area contributed by atoms with Crippen LogP contribution in [0.2, 0.25) is 15.1 Å². The molecule has 1 N–H and O–H groups in total. The lowest BCUT2D eigenvalue weighted by molar-refractivity contribution is -0.139. The molecule has 1 heterocycles. The number of carbonyl (C=O) groups is 2. The maximum atomic E-state index is 13.5. The molecule has 0 spiro atoms. The van der Waals surface area contributed by atoms with E-state index >= 15 is 0 Å². The van der Waals surface area contributed by atoms with Gasteiger partial charge in [-0.05, 0) is 60.2 Å². The Kier molecular flexibility index (Phi) is 5.84. The van der Waals surface area contributed by atoms with E-state index in [-0.39, 0.29) is 12.3 Å². The molecule has 0 radical (unpaired) electrons. The molecule has 1 amide bonds. The van der Waals surface area contributed by atoms with Crippen molar-refractivity contribution >= 4 is 52.2 Å². The summed E-state index contributed by atoms with van der Waals surface area (Å²) >= 11 is 18.1. The molecule has 4 rings (SSSR count). The van der Waals surface area contributed by atoms with Gasteiger partial charge in [0.15, 0.2) is 11.4 Å². The zero-order valence-electron chi connectivity index (χ0n) is 16.5. The first-order valence-corrected chi connectivity index (χ1v) is 10.7. The number of ketones is 1. The molecule has 0 saturated heterocycles. The summed E-state index contributed by atoms with van der Waals surface area (Å²) in [6.45, 7) is 1.76. The minimum atomic E-state index is -2.05. The highest BCUT2D eigenvalue weighted by Gasteiger charge is 2.55. The summed E-state index contributed by atoms with van der Waals surface area (Å²) in [6.07, 6.45) is 0. The van der Waals surface area contributed by atoms with E-state index in [0.717, 1.165) is 5.56 Å². The van der Waals surface area contributed by atoms with E-state index in [1.807, 2.05) is 12.1 Å². The Bertz CT molecular complexity index is 1160. The van der Waals surface area contributed by atoms with Crippen molar-refractivity contribution < 1.29 is 14.7 Å². The number of hydrogen-bond donors (Lipinski definition) is 1. The van der Waals surface area contributed by atoms with E-state index in [1.54, 1.807) is 61.5 Å². The lowest BCUT2D eigenvalue weighted by Crippen LogP contribution is -2.47. The summed E-state index contributed by atoms with van der Waals surface area (Å²) in [5, 5.41) is 13.1. The van der Waals surface area contributed by atoms with Crippen LogP contribution in [-0.4, -0.2) is 16.8 Å². The van der Waals surface area contributed by atoms with Crippen LogP contribution in [0.15, 0.2) is 66.7 Å². The third-order valence-electron chi connectivity index (χ3n) is 5.63. The molecule has 2 atom stereocenters. The first kappa shape index (κ1) is 21.8. The number of carbonyl (C=O) groups excluding carboxylic acids is 2. The fourth-order valence-electron chi connectivity index (χ4n) is 3.88. The predicted octanol–water partition coefficient (Wildman–Crippen LogP) is 5.90. The van der Waals surface area contributed by atoms with Crippen molar-refractivity contribution in [2.45, 2.75) is 19.1 Å². The summed E-state index contributed by atoms with van der Waals surface area (Å²) in [4.78, 5) is 28.2. The van der Waals surface area contributed by atoms with E-state index in [9.17, 15) is 14.7 Å². The summed E-state index contributed by atoms with van der Waals surface area (Å²) in [6, 6.07) is 18.3. The first-order chi connectivity index (χ1) is 14.7. The van der Waals surface area contributed by atoms with Crippen molar-refractivity contribution in [2.24, 2.45) is 5.92 Å². The zero-order valence-corrected chi connectivity index (χ0v) is 18.7. The monoisotopic (exact) mass is 473 g/mol. The van der Waals surface area contributed by atoms with Crippen molar-refractivity contribution in [1.82, 2.24) is 0 Å². The normalized spacial score (nSPS) is 18.7. The number of Topliss-reactive ketones (excluding diaryl/α,β-unsaturated/α-hetero) is 1. The van der Waals surface area contributed by atoms with Gasteiger partial charge in [0.25, 0.3) is 5.91 Å². The number of hydrogen-bond acceptors (Lipinski definition) is 3. The van der Waals surface area contributed by atoms with Gasteiger partial charge >= 0.3 is 0 Å². The molecule has 0 saturated carbocycles. The number of amides is 1. The number of halogens is 3. The minimum Gasteiger partial charge on any atom is -0.375 e. The number of benzene rings is 3. The third-order valence-corrected chi connectivity index (χ3v) is 6.37. The van der Waals surface area contributed by atoms with Gasteiger partial charge in [0.1, 0.15) is 0 Å². The third kappa shape index (κ3) is 3.85. The Morgan fingerprint density at radius 1 is 0.935 bits per heavy atom. The lowest BCUT2D eigenvalue weighted by Gasteiger charge is -2.28. The Hall–Kier alpha value is -2.37. The van der Waals surface area contributed by atoms with E-state index < -0.39 is 17.4 Å². The van der Waals surface area contributed by atoms with E-state index in [0.29, 0.717) is 31.9 Å². The number of aliphatic hydroxyl groups is 1. The highest BCUT2D eigenvalue weighted by Crippen LogP contribution is 2.47. The zero-order chi connectivity index (χ0) is 22.3. The molecular weight excluding hydrogens is 457 g/mol. The van der Waals surface area contributed by atoms with Crippen LogP contribution in [-0.2, 0) is 16.9 Å². The van der Waals surface area contributed by atoms with Crippen LogP contribution in [0.5, 0.6) is 0 Å². The molecular formula is C24H18Cl3NO3. The van der Waals surface area contributed by atoms with Crippen LogP contribution in [0, 0.1) is 5.92 Å². The van der Waals surface area contributed by atoms with Crippen molar-refractivity contribution in [1.29, 1.82) is 0 Å². The SMILES string of the molecule is CC(C(=O)c1ccc(Cl)cc1)C1(O)C(=O)N(Cc2ccc(Cl)cc2)c2ccc(Cl)cc21. The van der Waals surface area contributed by atoms with Gasteiger partial charge in [-0.3, -0.25) is 9.59 Å². The van der Waals surface area contributed by atoms with Gasteiger partial charge in [-0.1, -0.05) is 53.9 Å². The summed E-state index contributed by atoms with van der Waals surface area (Å²) in [7, 11) is 0. The van der Waals surface area contributed by atoms with Crippen LogP contribution >= 0.6 is 34.8 Å². The highest BCUT2D eigenvalue weighted by atomic mass is 35.5. The number of fused-ring (bicyclic) bond motifs is 1. The maximum absolute atomic E-state index is 13.5. The molecule has 0 aromatic heterocycles. The van der Waals surface area contributed by atoms with Gasteiger partial charge in [-0.15, -0.1) is 0 Å².